The van der Waals surface area contributed by atoms with Crippen molar-refractivity contribution in [3.8, 4) is 11.5 Å². The molecule has 0 fully saturated rings. The predicted molar refractivity (Wildman–Crippen MR) is 122 cm³/mol. The summed E-state index contributed by atoms with van der Waals surface area (Å²) >= 11 is 0. The summed E-state index contributed by atoms with van der Waals surface area (Å²) < 4.78 is 43.6. The molecule has 0 radical (unpaired) electrons. The van der Waals surface area contributed by atoms with Crippen LogP contribution in [-0.4, -0.2) is 64.1 Å². The van der Waals surface area contributed by atoms with Crippen LogP contribution in [0.15, 0.2) is 47.4 Å². The third-order valence-corrected chi connectivity index (χ3v) is 7.20. The molecule has 0 spiro atoms. The van der Waals surface area contributed by atoms with E-state index in [1.807, 2.05) is 6.92 Å². The number of carbonyl (C=O) groups excluding carboxylic acids is 2. The van der Waals surface area contributed by atoms with Crippen LogP contribution in [0.3, 0.4) is 0 Å². The fourth-order valence-electron chi connectivity index (χ4n) is 3.58. The summed E-state index contributed by atoms with van der Waals surface area (Å²) in [5, 5.41) is 0. The first-order valence-corrected chi connectivity index (χ1v) is 12.0. The van der Waals surface area contributed by atoms with E-state index in [0.29, 0.717) is 29.4 Å². The maximum absolute atomic E-state index is 13.3. The Hall–Kier alpha value is -3.11. The highest BCUT2D eigenvalue weighted by molar-refractivity contribution is 7.89. The average molecular weight is 477 g/mol. The molecule has 1 aliphatic heterocycles. The number of benzene rings is 2. The second-order valence-corrected chi connectivity index (χ2v) is 9.33. The van der Waals surface area contributed by atoms with Gasteiger partial charge >= 0.3 is 5.97 Å². The van der Waals surface area contributed by atoms with E-state index in [2.05, 4.69) is 0 Å². The average Bonchev–Trinajstić information content (AvgIpc) is 2.82. The van der Waals surface area contributed by atoms with Gasteiger partial charge < -0.3 is 19.1 Å². The summed E-state index contributed by atoms with van der Waals surface area (Å²) in [5.74, 6) is -0.144. The predicted octanol–water partition coefficient (Wildman–Crippen LogP) is 2.37. The second-order valence-electron chi connectivity index (χ2n) is 7.39. The van der Waals surface area contributed by atoms with E-state index >= 15 is 0 Å². The molecule has 0 aliphatic carbocycles. The molecule has 0 aromatic heterocycles. The van der Waals surface area contributed by atoms with E-state index in [9.17, 15) is 18.0 Å². The highest BCUT2D eigenvalue weighted by Gasteiger charge is 2.36. The number of esters is 1. The number of likely N-dealkylation sites (N-methyl/N-ethyl adjacent to an activating group) is 1. The first-order chi connectivity index (χ1) is 15.7. The summed E-state index contributed by atoms with van der Waals surface area (Å²) in [4.78, 5) is 26.8. The molecular weight excluding hydrogens is 448 g/mol. The Labute approximate surface area is 193 Å². The van der Waals surface area contributed by atoms with E-state index in [0.717, 1.165) is 4.31 Å². The molecule has 1 heterocycles. The lowest BCUT2D eigenvalue weighted by Gasteiger charge is -2.34. The van der Waals surface area contributed by atoms with Crippen molar-refractivity contribution in [1.29, 1.82) is 0 Å². The number of ether oxygens (including phenoxy) is 3. The maximum Gasteiger partial charge on any atom is 0.348 e. The smallest absolute Gasteiger partial charge is 0.348 e. The minimum atomic E-state index is -3.94. The summed E-state index contributed by atoms with van der Waals surface area (Å²) in [6.45, 7) is 5.36. The topological polar surface area (TPSA) is 102 Å². The number of sulfonamides is 1. The monoisotopic (exact) mass is 476 g/mol. The Kier molecular flexibility index (Phi) is 7.60. The fourth-order valence-corrected chi connectivity index (χ4v) is 5.06. The lowest BCUT2D eigenvalue weighted by atomic mass is 10.2. The van der Waals surface area contributed by atoms with Gasteiger partial charge in [-0.25, -0.2) is 13.2 Å². The molecule has 2 aromatic rings. The summed E-state index contributed by atoms with van der Waals surface area (Å²) in [5.41, 5.74) is 1.15. The number of hydrogen-bond acceptors (Lipinski definition) is 7. The highest BCUT2D eigenvalue weighted by atomic mass is 32.2. The Morgan fingerprint density at radius 3 is 2.55 bits per heavy atom. The van der Waals surface area contributed by atoms with Crippen molar-refractivity contribution in [3.05, 3.63) is 48.0 Å². The van der Waals surface area contributed by atoms with Crippen LogP contribution in [0.1, 0.15) is 19.4 Å². The number of hydrogen-bond donors (Lipinski definition) is 0. The SMILES string of the molecule is CCOc1ccc(S(=O)(=O)N(CC)CC(=O)N2C[C@@H](C(=O)OC)Oc3ccccc32)cc1C. The zero-order valence-electron chi connectivity index (χ0n) is 19.1. The molecule has 0 saturated heterocycles. The Bertz CT molecular complexity index is 1130. The lowest BCUT2D eigenvalue weighted by molar-refractivity contribution is -0.148. The van der Waals surface area contributed by atoms with Crippen molar-refractivity contribution in [2.75, 3.05) is 38.3 Å². The number of carbonyl (C=O) groups is 2. The van der Waals surface area contributed by atoms with E-state index < -0.39 is 34.5 Å². The Morgan fingerprint density at radius 1 is 1.18 bits per heavy atom. The molecule has 0 N–H and O–H groups in total. The van der Waals surface area contributed by atoms with Gasteiger partial charge in [0.05, 0.1) is 37.4 Å². The van der Waals surface area contributed by atoms with E-state index in [-0.39, 0.29) is 18.0 Å². The first kappa shape index (κ1) is 24.5. The van der Waals surface area contributed by atoms with E-state index in [1.165, 1.54) is 24.1 Å². The van der Waals surface area contributed by atoms with Gasteiger partial charge in [-0.3, -0.25) is 4.79 Å². The van der Waals surface area contributed by atoms with Crippen LogP contribution in [0.4, 0.5) is 5.69 Å². The standard InChI is InChI=1S/C23H28N2O7S/c1-5-24(33(28,29)17-11-12-19(31-6-2)16(3)13-17)15-22(26)25-14-21(23(27)30-4)32-20-10-8-7-9-18(20)25/h7-13,21H,5-6,14-15H2,1-4H3/t21-/m0/s1. The minimum absolute atomic E-state index is 0.0768. The third-order valence-electron chi connectivity index (χ3n) is 5.29. The van der Waals surface area contributed by atoms with Crippen molar-refractivity contribution >= 4 is 27.6 Å². The molecule has 2 aromatic carbocycles. The van der Waals surface area contributed by atoms with Gasteiger partial charge in [0.1, 0.15) is 11.5 Å². The van der Waals surface area contributed by atoms with Crippen molar-refractivity contribution in [2.45, 2.75) is 31.8 Å². The summed E-state index contributed by atoms with van der Waals surface area (Å²) in [6.07, 6.45) is -1.01. The van der Waals surface area contributed by atoms with E-state index in [4.69, 9.17) is 14.2 Å². The van der Waals surface area contributed by atoms with Crippen molar-refractivity contribution < 1.29 is 32.2 Å². The molecule has 1 amide bonds. The van der Waals surface area contributed by atoms with Crippen LogP contribution < -0.4 is 14.4 Å². The largest absolute Gasteiger partial charge is 0.494 e. The van der Waals surface area contributed by atoms with Crippen LogP contribution in [0.2, 0.25) is 0 Å². The normalized spacial score (nSPS) is 15.5. The first-order valence-electron chi connectivity index (χ1n) is 10.6. The third kappa shape index (κ3) is 5.12. The van der Waals surface area contributed by atoms with Crippen LogP contribution in [0.25, 0.3) is 0 Å². The van der Waals surface area contributed by atoms with Gasteiger partial charge in [-0.2, -0.15) is 4.31 Å². The number of anilines is 1. The van der Waals surface area contributed by atoms with Gasteiger partial charge in [0.15, 0.2) is 0 Å². The molecule has 0 saturated carbocycles. The number of amides is 1. The summed E-state index contributed by atoms with van der Waals surface area (Å²) in [6, 6.07) is 11.4. The lowest BCUT2D eigenvalue weighted by Crippen LogP contribution is -2.50. The second kappa shape index (κ2) is 10.2. The molecule has 1 atom stereocenters. The zero-order chi connectivity index (χ0) is 24.2. The molecule has 0 unspecified atom stereocenters. The highest BCUT2D eigenvalue weighted by Crippen LogP contribution is 2.34. The number of methoxy groups -OCH3 is 1. The molecular formula is C23H28N2O7S. The molecule has 9 nitrogen and oxygen atoms in total. The molecule has 0 bridgehead atoms. The number of para-hydroxylation sites is 2. The molecule has 33 heavy (non-hydrogen) atoms. The molecule has 178 valence electrons. The van der Waals surface area contributed by atoms with Crippen molar-refractivity contribution in [1.82, 2.24) is 4.31 Å². The number of aryl methyl sites for hydroxylation is 1. The fraction of sp³-hybridized carbons (Fsp3) is 0.391. The van der Waals surface area contributed by atoms with Crippen LogP contribution >= 0.6 is 0 Å². The zero-order valence-corrected chi connectivity index (χ0v) is 19.9. The molecule has 3 rings (SSSR count). The van der Waals surface area contributed by atoms with Gasteiger partial charge in [-0.1, -0.05) is 19.1 Å². The Morgan fingerprint density at radius 2 is 1.91 bits per heavy atom. The van der Waals surface area contributed by atoms with E-state index in [1.54, 1.807) is 44.2 Å². The number of nitrogens with zero attached hydrogens (tertiary/aromatic N) is 2. The summed E-state index contributed by atoms with van der Waals surface area (Å²) in [7, 11) is -2.70. The van der Waals surface area contributed by atoms with Gasteiger partial charge in [-0.05, 0) is 49.7 Å². The number of rotatable bonds is 8. The minimum Gasteiger partial charge on any atom is -0.494 e. The van der Waals surface area contributed by atoms with Gasteiger partial charge in [0, 0.05) is 6.54 Å². The van der Waals surface area contributed by atoms with Crippen LogP contribution in [0, 0.1) is 6.92 Å². The van der Waals surface area contributed by atoms with Gasteiger partial charge in [-0.15, -0.1) is 0 Å². The van der Waals surface area contributed by atoms with Crippen molar-refractivity contribution in [3.63, 3.8) is 0 Å². The quantitative estimate of drug-likeness (QED) is 0.539. The van der Waals surface area contributed by atoms with Crippen LogP contribution in [-0.2, 0) is 24.3 Å². The Balaban J connectivity index is 1.87. The number of fused-ring (bicyclic) bond motifs is 1. The van der Waals surface area contributed by atoms with Gasteiger partial charge in [0.2, 0.25) is 22.0 Å². The maximum atomic E-state index is 13.3. The molecule has 1 aliphatic rings. The van der Waals surface area contributed by atoms with Crippen molar-refractivity contribution in [2.24, 2.45) is 0 Å². The molecule has 10 heteroatoms. The van der Waals surface area contributed by atoms with Gasteiger partial charge in [0.25, 0.3) is 0 Å². The van der Waals surface area contributed by atoms with Crippen LogP contribution in [0.5, 0.6) is 11.5 Å².